The summed E-state index contributed by atoms with van der Waals surface area (Å²) in [5, 5.41) is 12.6. The molecule has 0 heterocycles. The summed E-state index contributed by atoms with van der Waals surface area (Å²) in [4.78, 5) is 0. The number of aliphatic hydroxyl groups excluding tert-OH is 1. The Balaban J connectivity index is 3.13. The van der Waals surface area contributed by atoms with Crippen molar-refractivity contribution in [3.05, 3.63) is 0 Å². The second-order valence-corrected chi connectivity index (χ2v) is 4.39. The first-order valence-corrected chi connectivity index (χ1v) is 6.20. The first-order valence-electron chi connectivity index (χ1n) is 6.20. The number of methoxy groups -OCH3 is 1. The van der Waals surface area contributed by atoms with Crippen LogP contribution in [0.2, 0.25) is 0 Å². The summed E-state index contributed by atoms with van der Waals surface area (Å²) in [7, 11) is 1.62. The fraction of sp³-hybridized carbons (Fsp3) is 1.00. The van der Waals surface area contributed by atoms with Crippen LogP contribution >= 0.6 is 0 Å². The van der Waals surface area contributed by atoms with Gasteiger partial charge in [0, 0.05) is 26.8 Å². The van der Waals surface area contributed by atoms with Crippen LogP contribution in [0.5, 0.6) is 0 Å². The molecule has 5 nitrogen and oxygen atoms in total. The Hall–Kier alpha value is -0.200. The monoisotopic (exact) mass is 249 g/mol. The smallest absolute Gasteiger partial charge is 0.0897 e. The molecular formula is C12H27NO4. The first kappa shape index (κ1) is 16.8. The van der Waals surface area contributed by atoms with E-state index in [4.69, 9.17) is 14.2 Å². The van der Waals surface area contributed by atoms with Gasteiger partial charge in [-0.3, -0.25) is 0 Å². The van der Waals surface area contributed by atoms with Gasteiger partial charge in [-0.05, 0) is 5.92 Å². The van der Waals surface area contributed by atoms with Crippen LogP contribution in [0, 0.1) is 5.92 Å². The third-order valence-corrected chi connectivity index (χ3v) is 2.00. The molecule has 17 heavy (non-hydrogen) atoms. The summed E-state index contributed by atoms with van der Waals surface area (Å²) in [5.74, 6) is 0.565. The highest BCUT2D eigenvalue weighted by molar-refractivity contribution is 4.58. The molecule has 0 aliphatic heterocycles. The van der Waals surface area contributed by atoms with Crippen LogP contribution in [0.4, 0.5) is 0 Å². The summed E-state index contributed by atoms with van der Waals surface area (Å²) in [6.45, 7) is 8.39. The molecule has 0 aliphatic carbocycles. The van der Waals surface area contributed by atoms with E-state index in [0.717, 1.165) is 13.2 Å². The molecule has 1 unspecified atom stereocenters. The lowest BCUT2D eigenvalue weighted by Gasteiger charge is -2.12. The average molecular weight is 249 g/mol. The van der Waals surface area contributed by atoms with Crippen molar-refractivity contribution in [3.63, 3.8) is 0 Å². The number of hydrogen-bond donors (Lipinski definition) is 2. The van der Waals surface area contributed by atoms with Gasteiger partial charge in [0.15, 0.2) is 0 Å². The SMILES string of the molecule is COCCOCC(O)CNCCOCC(C)C. The van der Waals surface area contributed by atoms with Gasteiger partial charge in [0.1, 0.15) is 0 Å². The van der Waals surface area contributed by atoms with Gasteiger partial charge in [0.2, 0.25) is 0 Å². The standard InChI is InChI=1S/C12H27NO4/c1-11(2)9-16-5-4-13-8-12(14)10-17-7-6-15-3/h11-14H,4-10H2,1-3H3. The summed E-state index contributed by atoms with van der Waals surface area (Å²) >= 11 is 0. The third kappa shape index (κ3) is 13.7. The molecule has 0 aliphatic rings. The Labute approximate surface area is 104 Å². The number of nitrogens with one attached hydrogen (secondary N) is 1. The molecule has 0 saturated carbocycles. The molecule has 0 aromatic carbocycles. The van der Waals surface area contributed by atoms with E-state index in [2.05, 4.69) is 19.2 Å². The maximum absolute atomic E-state index is 9.52. The summed E-state index contributed by atoms with van der Waals surface area (Å²) in [5.41, 5.74) is 0. The Bertz CT molecular complexity index is 155. The lowest BCUT2D eigenvalue weighted by Crippen LogP contribution is -2.32. The minimum Gasteiger partial charge on any atom is -0.389 e. The Morgan fingerprint density at radius 3 is 2.41 bits per heavy atom. The van der Waals surface area contributed by atoms with Crippen molar-refractivity contribution in [2.24, 2.45) is 5.92 Å². The topological polar surface area (TPSA) is 60.0 Å². The van der Waals surface area contributed by atoms with Crippen molar-refractivity contribution in [3.8, 4) is 0 Å². The van der Waals surface area contributed by atoms with Gasteiger partial charge in [0.25, 0.3) is 0 Å². The van der Waals surface area contributed by atoms with Crippen LogP contribution < -0.4 is 5.32 Å². The van der Waals surface area contributed by atoms with E-state index < -0.39 is 6.10 Å². The van der Waals surface area contributed by atoms with Crippen LogP contribution in [0.25, 0.3) is 0 Å². The molecule has 0 saturated heterocycles. The molecule has 2 N–H and O–H groups in total. The highest BCUT2D eigenvalue weighted by Gasteiger charge is 2.03. The zero-order valence-electron chi connectivity index (χ0n) is 11.3. The fourth-order valence-corrected chi connectivity index (χ4v) is 1.15. The Kier molecular flexibility index (Phi) is 12.1. The summed E-state index contributed by atoms with van der Waals surface area (Å²) in [6, 6.07) is 0. The largest absolute Gasteiger partial charge is 0.389 e. The second kappa shape index (κ2) is 12.3. The van der Waals surface area contributed by atoms with Gasteiger partial charge in [-0.25, -0.2) is 0 Å². The molecule has 0 spiro atoms. The zero-order chi connectivity index (χ0) is 12.9. The molecule has 0 amide bonds. The van der Waals surface area contributed by atoms with Crippen molar-refractivity contribution < 1.29 is 19.3 Å². The van der Waals surface area contributed by atoms with Gasteiger partial charge in [-0.1, -0.05) is 13.8 Å². The number of hydrogen-bond acceptors (Lipinski definition) is 5. The first-order chi connectivity index (χ1) is 8.16. The number of ether oxygens (including phenoxy) is 3. The van der Waals surface area contributed by atoms with Crippen LogP contribution in [0.3, 0.4) is 0 Å². The van der Waals surface area contributed by atoms with Crippen LogP contribution in [-0.4, -0.2) is 64.4 Å². The molecule has 104 valence electrons. The van der Waals surface area contributed by atoms with Crippen molar-refractivity contribution in [2.45, 2.75) is 20.0 Å². The molecule has 5 heteroatoms. The van der Waals surface area contributed by atoms with E-state index in [1.54, 1.807) is 7.11 Å². The van der Waals surface area contributed by atoms with Crippen molar-refractivity contribution in [1.82, 2.24) is 5.32 Å². The highest BCUT2D eigenvalue weighted by atomic mass is 16.5. The molecule has 0 fully saturated rings. The minimum atomic E-state index is -0.475. The second-order valence-electron chi connectivity index (χ2n) is 4.39. The normalized spacial score (nSPS) is 13.2. The molecule has 0 rings (SSSR count). The number of rotatable bonds is 12. The molecule has 0 radical (unpaired) electrons. The predicted molar refractivity (Wildman–Crippen MR) is 67.2 cm³/mol. The van der Waals surface area contributed by atoms with E-state index >= 15 is 0 Å². The van der Waals surface area contributed by atoms with Gasteiger partial charge >= 0.3 is 0 Å². The third-order valence-electron chi connectivity index (χ3n) is 2.00. The van der Waals surface area contributed by atoms with Crippen molar-refractivity contribution >= 4 is 0 Å². The Morgan fingerprint density at radius 1 is 1.06 bits per heavy atom. The average Bonchev–Trinajstić information content (AvgIpc) is 2.29. The van der Waals surface area contributed by atoms with E-state index in [1.165, 1.54) is 0 Å². The van der Waals surface area contributed by atoms with Crippen LogP contribution in [0.15, 0.2) is 0 Å². The summed E-state index contributed by atoms with van der Waals surface area (Å²) in [6.07, 6.45) is -0.475. The van der Waals surface area contributed by atoms with E-state index in [-0.39, 0.29) is 0 Å². The Morgan fingerprint density at radius 2 is 1.76 bits per heavy atom. The maximum atomic E-state index is 9.52. The van der Waals surface area contributed by atoms with Crippen molar-refractivity contribution in [1.29, 1.82) is 0 Å². The van der Waals surface area contributed by atoms with Crippen molar-refractivity contribution in [2.75, 3.05) is 53.2 Å². The quantitative estimate of drug-likeness (QED) is 0.486. The molecule has 0 bridgehead atoms. The molecule has 1 atom stereocenters. The lowest BCUT2D eigenvalue weighted by atomic mass is 10.2. The molecule has 0 aromatic rings. The van der Waals surface area contributed by atoms with E-state index in [1.807, 2.05) is 0 Å². The molecule has 0 aromatic heterocycles. The van der Waals surface area contributed by atoms with E-state index in [0.29, 0.717) is 38.9 Å². The maximum Gasteiger partial charge on any atom is 0.0897 e. The molecular weight excluding hydrogens is 222 g/mol. The van der Waals surface area contributed by atoms with Crippen LogP contribution in [0.1, 0.15) is 13.8 Å². The predicted octanol–water partition coefficient (Wildman–Crippen LogP) is 0.273. The van der Waals surface area contributed by atoms with E-state index in [9.17, 15) is 5.11 Å². The van der Waals surface area contributed by atoms with Gasteiger partial charge in [-0.2, -0.15) is 0 Å². The van der Waals surface area contributed by atoms with Crippen LogP contribution in [-0.2, 0) is 14.2 Å². The lowest BCUT2D eigenvalue weighted by molar-refractivity contribution is 0.0130. The highest BCUT2D eigenvalue weighted by Crippen LogP contribution is 1.91. The van der Waals surface area contributed by atoms with Gasteiger partial charge in [0.05, 0.1) is 32.5 Å². The van der Waals surface area contributed by atoms with Gasteiger partial charge in [-0.15, -0.1) is 0 Å². The zero-order valence-corrected chi connectivity index (χ0v) is 11.3. The minimum absolute atomic E-state index is 0.337. The van der Waals surface area contributed by atoms with Gasteiger partial charge < -0.3 is 24.6 Å². The fourth-order valence-electron chi connectivity index (χ4n) is 1.15. The summed E-state index contributed by atoms with van der Waals surface area (Å²) < 4.78 is 15.4. The number of aliphatic hydroxyl groups is 1.